The van der Waals surface area contributed by atoms with Crippen LogP contribution in [0.1, 0.15) is 52.8 Å². The number of hydrogen-bond donors (Lipinski definition) is 1. The van der Waals surface area contributed by atoms with Gasteiger partial charge in [-0.05, 0) is 37.8 Å². The van der Waals surface area contributed by atoms with Crippen LogP contribution in [0.2, 0.25) is 0 Å². The normalized spacial score (nSPS) is 16.6. The van der Waals surface area contributed by atoms with Crippen LogP contribution in [0, 0.1) is 0 Å². The van der Waals surface area contributed by atoms with E-state index in [1.165, 1.54) is 4.90 Å². The number of nitrogens with one attached hydrogen (secondary N) is 1. The summed E-state index contributed by atoms with van der Waals surface area (Å²) in [4.78, 5) is 51.3. The van der Waals surface area contributed by atoms with Gasteiger partial charge in [-0.15, -0.1) is 0 Å². The zero-order valence-electron chi connectivity index (χ0n) is 14.7. The molecule has 0 aromatic heterocycles. The van der Waals surface area contributed by atoms with Crippen molar-refractivity contribution in [2.75, 3.05) is 26.2 Å². The Labute approximate surface area is 152 Å². The number of carbonyl (C=O) groups is 4. The number of imide groups is 1. The Morgan fingerprint density at radius 1 is 0.962 bits per heavy atom. The summed E-state index contributed by atoms with van der Waals surface area (Å²) in [6.45, 7) is 1.72. The highest BCUT2D eigenvalue weighted by molar-refractivity contribution is 6.21. The Balaban J connectivity index is 1.40. The largest absolute Gasteiger partial charge is 0.347 e. The first-order valence-corrected chi connectivity index (χ1v) is 9.07. The van der Waals surface area contributed by atoms with E-state index in [4.69, 9.17) is 0 Å². The molecule has 1 saturated heterocycles. The van der Waals surface area contributed by atoms with Crippen molar-refractivity contribution in [1.29, 1.82) is 0 Å². The lowest BCUT2D eigenvalue weighted by Crippen LogP contribution is -2.42. The summed E-state index contributed by atoms with van der Waals surface area (Å²) >= 11 is 0. The van der Waals surface area contributed by atoms with Gasteiger partial charge in [0.25, 0.3) is 11.8 Å². The van der Waals surface area contributed by atoms with Crippen LogP contribution in [-0.4, -0.2) is 59.6 Å². The van der Waals surface area contributed by atoms with E-state index >= 15 is 0 Å². The summed E-state index contributed by atoms with van der Waals surface area (Å²) in [6.07, 6.45) is 3.71. The molecule has 1 aromatic carbocycles. The molecule has 4 amide bonds. The number of likely N-dealkylation sites (tertiary alicyclic amines) is 1. The van der Waals surface area contributed by atoms with Crippen molar-refractivity contribution in [1.82, 2.24) is 15.1 Å². The smallest absolute Gasteiger partial charge is 0.261 e. The highest BCUT2D eigenvalue weighted by Gasteiger charge is 2.34. The maximum absolute atomic E-state index is 12.2. The first kappa shape index (κ1) is 18.1. The lowest BCUT2D eigenvalue weighted by molar-refractivity contribution is -0.133. The predicted octanol–water partition coefficient (Wildman–Crippen LogP) is 1.19. The second-order valence-corrected chi connectivity index (χ2v) is 6.63. The minimum absolute atomic E-state index is 0.00580. The van der Waals surface area contributed by atoms with E-state index in [1.807, 2.05) is 0 Å². The number of rotatable bonds is 6. The van der Waals surface area contributed by atoms with E-state index in [2.05, 4.69) is 5.32 Å². The maximum Gasteiger partial charge on any atom is 0.261 e. The summed E-state index contributed by atoms with van der Waals surface area (Å²) in [6, 6.07) is 6.71. The Kier molecular flexibility index (Phi) is 5.65. The first-order chi connectivity index (χ1) is 12.6. The van der Waals surface area contributed by atoms with Crippen molar-refractivity contribution >= 4 is 23.6 Å². The molecule has 3 rings (SSSR count). The molecule has 0 radical (unpaired) electrons. The molecule has 0 atom stereocenters. The van der Waals surface area contributed by atoms with Gasteiger partial charge in [0.15, 0.2) is 0 Å². The molecular formula is C19H23N3O4. The molecule has 2 aliphatic heterocycles. The third-order valence-corrected chi connectivity index (χ3v) is 4.81. The summed E-state index contributed by atoms with van der Waals surface area (Å²) in [5, 5.41) is 2.63. The molecule has 138 valence electrons. The average Bonchev–Trinajstić information content (AvgIpc) is 2.92. The van der Waals surface area contributed by atoms with Crippen LogP contribution in [0.25, 0.3) is 0 Å². The molecule has 1 aromatic rings. The van der Waals surface area contributed by atoms with E-state index in [9.17, 15) is 19.2 Å². The highest BCUT2D eigenvalue weighted by atomic mass is 16.2. The van der Waals surface area contributed by atoms with Gasteiger partial charge in [0.2, 0.25) is 11.8 Å². The van der Waals surface area contributed by atoms with Gasteiger partial charge in [-0.3, -0.25) is 24.1 Å². The van der Waals surface area contributed by atoms with Crippen LogP contribution >= 0.6 is 0 Å². The number of hydrogen-bond acceptors (Lipinski definition) is 4. The van der Waals surface area contributed by atoms with Crippen LogP contribution in [0.3, 0.4) is 0 Å². The minimum atomic E-state index is -0.314. The van der Waals surface area contributed by atoms with Crippen LogP contribution in [0.4, 0.5) is 0 Å². The van der Waals surface area contributed by atoms with Gasteiger partial charge in [0, 0.05) is 26.1 Å². The fourth-order valence-electron chi connectivity index (χ4n) is 3.36. The molecule has 0 spiro atoms. The molecule has 1 fully saturated rings. The Bertz CT molecular complexity index is 690. The van der Waals surface area contributed by atoms with Gasteiger partial charge in [-0.25, -0.2) is 0 Å². The molecule has 0 aliphatic carbocycles. The lowest BCUT2D eigenvalue weighted by Gasteiger charge is -2.26. The average molecular weight is 357 g/mol. The van der Waals surface area contributed by atoms with Crippen molar-refractivity contribution in [2.45, 2.75) is 32.1 Å². The molecule has 0 unspecified atom stereocenters. The standard InChI is InChI=1S/C19H23N3O4/c23-16(20-13-17(24)21-10-4-1-5-11-21)9-6-12-22-18(25)14-7-2-3-8-15(14)19(22)26/h2-3,7-8H,1,4-6,9-13H2,(H,20,23). The van der Waals surface area contributed by atoms with Gasteiger partial charge >= 0.3 is 0 Å². The molecule has 1 N–H and O–H groups in total. The summed E-state index contributed by atoms with van der Waals surface area (Å²) in [5.41, 5.74) is 0.822. The Morgan fingerprint density at radius 3 is 2.19 bits per heavy atom. The Morgan fingerprint density at radius 2 is 1.58 bits per heavy atom. The van der Waals surface area contributed by atoms with E-state index in [0.29, 0.717) is 17.5 Å². The van der Waals surface area contributed by atoms with Gasteiger partial charge in [0.1, 0.15) is 0 Å². The second kappa shape index (κ2) is 8.12. The van der Waals surface area contributed by atoms with Gasteiger partial charge < -0.3 is 10.2 Å². The molecule has 7 nitrogen and oxygen atoms in total. The van der Waals surface area contributed by atoms with Gasteiger partial charge in [0.05, 0.1) is 17.7 Å². The number of carbonyl (C=O) groups excluding carboxylic acids is 4. The van der Waals surface area contributed by atoms with Crippen LogP contribution < -0.4 is 5.32 Å². The summed E-state index contributed by atoms with van der Waals surface area (Å²) < 4.78 is 0. The zero-order chi connectivity index (χ0) is 18.5. The SMILES string of the molecule is O=C(CCCN1C(=O)c2ccccc2C1=O)NCC(=O)N1CCCCC1. The maximum atomic E-state index is 12.2. The first-order valence-electron chi connectivity index (χ1n) is 9.07. The van der Waals surface area contributed by atoms with Crippen LogP contribution in [0.5, 0.6) is 0 Å². The Hall–Kier alpha value is -2.70. The van der Waals surface area contributed by atoms with E-state index < -0.39 is 0 Å². The molecule has 26 heavy (non-hydrogen) atoms. The van der Waals surface area contributed by atoms with Crippen molar-refractivity contribution in [2.24, 2.45) is 0 Å². The zero-order valence-corrected chi connectivity index (χ0v) is 14.7. The summed E-state index contributed by atoms with van der Waals surface area (Å²) in [7, 11) is 0. The molecule has 0 saturated carbocycles. The van der Waals surface area contributed by atoms with Crippen molar-refractivity contribution in [3.8, 4) is 0 Å². The van der Waals surface area contributed by atoms with Gasteiger partial charge in [-0.1, -0.05) is 12.1 Å². The molecular weight excluding hydrogens is 334 g/mol. The van der Waals surface area contributed by atoms with Crippen LogP contribution in [0.15, 0.2) is 24.3 Å². The fourth-order valence-corrected chi connectivity index (χ4v) is 3.36. The van der Waals surface area contributed by atoms with Gasteiger partial charge in [-0.2, -0.15) is 0 Å². The number of fused-ring (bicyclic) bond motifs is 1. The lowest BCUT2D eigenvalue weighted by atomic mass is 10.1. The number of amides is 4. The molecule has 2 aliphatic rings. The monoisotopic (exact) mass is 357 g/mol. The molecule has 7 heteroatoms. The van der Waals surface area contributed by atoms with E-state index in [1.54, 1.807) is 29.2 Å². The van der Waals surface area contributed by atoms with Crippen LogP contribution in [-0.2, 0) is 9.59 Å². The number of nitrogens with zero attached hydrogens (tertiary/aromatic N) is 2. The number of piperidine rings is 1. The van der Waals surface area contributed by atoms with Crippen molar-refractivity contribution in [3.63, 3.8) is 0 Å². The predicted molar refractivity (Wildman–Crippen MR) is 94.5 cm³/mol. The minimum Gasteiger partial charge on any atom is -0.347 e. The third-order valence-electron chi connectivity index (χ3n) is 4.81. The third kappa shape index (κ3) is 3.92. The quantitative estimate of drug-likeness (QED) is 0.775. The van der Waals surface area contributed by atoms with E-state index in [-0.39, 0.29) is 43.1 Å². The topological polar surface area (TPSA) is 86.8 Å². The molecule has 0 bridgehead atoms. The second-order valence-electron chi connectivity index (χ2n) is 6.63. The van der Waals surface area contributed by atoms with Crippen molar-refractivity contribution in [3.05, 3.63) is 35.4 Å². The fraction of sp³-hybridized carbons (Fsp3) is 0.474. The summed E-state index contributed by atoms with van der Waals surface area (Å²) in [5.74, 6) is -0.928. The van der Waals surface area contributed by atoms with E-state index in [0.717, 1.165) is 32.4 Å². The molecule has 2 heterocycles. The van der Waals surface area contributed by atoms with Crippen molar-refractivity contribution < 1.29 is 19.2 Å². The number of benzene rings is 1. The highest BCUT2D eigenvalue weighted by Crippen LogP contribution is 2.22.